The van der Waals surface area contributed by atoms with Crippen molar-refractivity contribution < 1.29 is 9.59 Å². The lowest BCUT2D eigenvalue weighted by atomic mass is 9.97. The summed E-state index contributed by atoms with van der Waals surface area (Å²) in [5, 5.41) is 3.69. The number of allylic oxidation sites excluding steroid dienone is 2. The Bertz CT molecular complexity index is 4200. The van der Waals surface area contributed by atoms with Crippen LogP contribution in [-0.4, -0.2) is 48.9 Å². The molecule has 12 rings (SSSR count). The van der Waals surface area contributed by atoms with Gasteiger partial charge in [0.25, 0.3) is 17.0 Å². The maximum atomic E-state index is 13.5. The summed E-state index contributed by atoms with van der Waals surface area (Å²) >= 11 is 0. The molecule has 0 unspecified atom stereocenters. The minimum absolute atomic E-state index is 0.0265. The van der Waals surface area contributed by atoms with Gasteiger partial charge in [0.2, 0.25) is 5.91 Å². The van der Waals surface area contributed by atoms with E-state index in [-0.39, 0.29) is 22.9 Å². The quantitative estimate of drug-likeness (QED) is 0.111. The molecule has 2 amide bonds. The number of aryl methyl sites for hydroxylation is 1. The van der Waals surface area contributed by atoms with Gasteiger partial charge in [0, 0.05) is 88.2 Å². The average Bonchev–Trinajstić information content (AvgIpc) is 0.874. The number of carbonyl (C=O) groups is 2. The van der Waals surface area contributed by atoms with E-state index in [0.29, 0.717) is 19.6 Å². The smallest absolute Gasteiger partial charge is 0.255 e. The topological polar surface area (TPSA) is 110 Å². The SMILES string of the molecule is CC.CC.CC.CC.CC(C)=C(C)C(=O)N1CCCc2ccc(-n3c(=O)ccc4cnc5ccc(Cc6ccccc6)cc5c43)cc21.CC(C)=C(C)C(=O)N1CCc2ccc(-n3c(=O)ccc4cnc5ccc(Cc6ccccc6)cc5c43)cc2C1. The summed E-state index contributed by atoms with van der Waals surface area (Å²) in [7, 11) is 0. The van der Waals surface area contributed by atoms with Crippen LogP contribution in [0.2, 0.25) is 0 Å². The van der Waals surface area contributed by atoms with Crippen molar-refractivity contribution in [2.24, 2.45) is 0 Å². The zero-order valence-electron chi connectivity index (χ0n) is 53.1. The lowest BCUT2D eigenvalue weighted by Gasteiger charge is -2.31. The van der Waals surface area contributed by atoms with Gasteiger partial charge in [-0.25, -0.2) is 0 Å². The molecule has 10 aromatic rings. The van der Waals surface area contributed by atoms with Crippen molar-refractivity contribution in [3.63, 3.8) is 0 Å². The van der Waals surface area contributed by atoms with Gasteiger partial charge in [-0.3, -0.25) is 38.3 Å². The third kappa shape index (κ3) is 14.2. The molecule has 6 aromatic carbocycles. The van der Waals surface area contributed by atoms with Crippen LogP contribution in [0, 0.1) is 0 Å². The van der Waals surface area contributed by atoms with Crippen molar-refractivity contribution >= 4 is 61.1 Å². The molecule has 86 heavy (non-hydrogen) atoms. The minimum Gasteiger partial charge on any atom is -0.334 e. The second kappa shape index (κ2) is 30.2. The molecule has 0 saturated carbocycles. The first-order chi connectivity index (χ1) is 41.8. The molecule has 10 heteroatoms. The molecule has 444 valence electrons. The van der Waals surface area contributed by atoms with Gasteiger partial charge in [0.05, 0.1) is 27.8 Å². The lowest BCUT2D eigenvalue weighted by Crippen LogP contribution is -2.36. The minimum atomic E-state index is -0.113. The standard InChI is InChI=1S/2C34H31N3O2.4C2H6/c1-22(2)23(3)34(39)36-17-7-10-26-12-14-28(20-31(26)36)37-32(38)16-13-27-21-35-30-15-11-25(19-29(30)33(27)37)18-24-8-5-4-6-9-24;1-22(2)23(3)34(39)36-16-15-26-10-12-29(19-28(26)21-36)37-32(38)14-11-27-20-35-31-13-9-25(18-30(31)33(27)37)17-24-7-5-4-6-8-24;4*1-2/h4-6,8-9,11-16,19-21H,7,10,17-18H2,1-3H3;4-14,18-20H,15-17,21H2,1-3H3;4*1-2H3. The van der Waals surface area contributed by atoms with E-state index < -0.39 is 0 Å². The highest BCUT2D eigenvalue weighted by Gasteiger charge is 2.26. The molecular weight excluding hydrogens is 1060 g/mol. The van der Waals surface area contributed by atoms with Crippen molar-refractivity contribution in [2.75, 3.05) is 18.0 Å². The summed E-state index contributed by atoms with van der Waals surface area (Å²) in [5.41, 5.74) is 17.4. The van der Waals surface area contributed by atoms with E-state index in [9.17, 15) is 19.2 Å². The molecule has 0 spiro atoms. The van der Waals surface area contributed by atoms with Crippen molar-refractivity contribution in [1.82, 2.24) is 24.0 Å². The number of carbonyl (C=O) groups excluding carboxylic acids is 2. The number of pyridine rings is 4. The predicted octanol–water partition coefficient (Wildman–Crippen LogP) is 17.2. The van der Waals surface area contributed by atoms with Crippen LogP contribution in [0.15, 0.2) is 202 Å². The Morgan fingerprint density at radius 2 is 0.907 bits per heavy atom. The number of nitrogens with zero attached hydrogens (tertiary/aromatic N) is 6. The highest BCUT2D eigenvalue weighted by atomic mass is 16.2. The van der Waals surface area contributed by atoms with Crippen molar-refractivity contribution in [3.05, 3.63) is 252 Å². The molecule has 2 aliphatic heterocycles. The predicted molar refractivity (Wildman–Crippen MR) is 361 cm³/mol. The largest absolute Gasteiger partial charge is 0.334 e. The Labute approximate surface area is 509 Å². The maximum absolute atomic E-state index is 13.5. The van der Waals surface area contributed by atoms with Crippen LogP contribution in [0.5, 0.6) is 0 Å². The summed E-state index contributed by atoms with van der Waals surface area (Å²) in [5.74, 6) is 0.106. The third-order valence-electron chi connectivity index (χ3n) is 15.6. The molecule has 2 aliphatic rings. The molecule has 0 bridgehead atoms. The van der Waals surface area contributed by atoms with Gasteiger partial charge in [-0.05, 0) is 173 Å². The molecule has 0 fully saturated rings. The number of hydrogen-bond acceptors (Lipinski definition) is 6. The molecule has 0 N–H and O–H groups in total. The van der Waals surface area contributed by atoms with Crippen LogP contribution < -0.4 is 16.0 Å². The Morgan fingerprint density at radius 3 is 1.40 bits per heavy atom. The number of rotatable bonds is 8. The normalized spacial score (nSPS) is 12.0. The van der Waals surface area contributed by atoms with Crippen LogP contribution in [0.4, 0.5) is 5.69 Å². The van der Waals surface area contributed by atoms with Gasteiger partial charge >= 0.3 is 0 Å². The monoisotopic (exact) mass is 1150 g/mol. The Balaban J connectivity index is 0.000000221. The Morgan fingerprint density at radius 1 is 0.442 bits per heavy atom. The van der Waals surface area contributed by atoms with Crippen LogP contribution in [-0.2, 0) is 41.8 Å². The first kappa shape index (κ1) is 64.5. The van der Waals surface area contributed by atoms with Crippen molar-refractivity contribution in [1.29, 1.82) is 0 Å². The summed E-state index contributed by atoms with van der Waals surface area (Å²) in [6, 6.07) is 52.5. The van der Waals surface area contributed by atoms with E-state index in [1.807, 2.05) is 186 Å². The zero-order valence-corrected chi connectivity index (χ0v) is 53.1. The number of hydrogen-bond donors (Lipinski definition) is 0. The van der Waals surface area contributed by atoms with Crippen LogP contribution >= 0.6 is 0 Å². The highest BCUT2D eigenvalue weighted by molar-refractivity contribution is 6.07. The van der Waals surface area contributed by atoms with E-state index in [1.165, 1.54) is 22.3 Å². The van der Waals surface area contributed by atoms with Gasteiger partial charge in [-0.15, -0.1) is 0 Å². The molecule has 10 nitrogen and oxygen atoms in total. The first-order valence-electron chi connectivity index (χ1n) is 30.9. The number of amides is 2. The van der Waals surface area contributed by atoms with Crippen LogP contribution in [0.1, 0.15) is 142 Å². The van der Waals surface area contributed by atoms with Gasteiger partial charge in [-0.2, -0.15) is 0 Å². The summed E-state index contributed by atoms with van der Waals surface area (Å²) < 4.78 is 3.57. The lowest BCUT2D eigenvalue weighted by molar-refractivity contribution is -0.128. The molecule has 0 aliphatic carbocycles. The first-order valence-corrected chi connectivity index (χ1v) is 30.9. The number of benzene rings is 6. The van der Waals surface area contributed by atoms with E-state index in [4.69, 9.17) is 0 Å². The maximum Gasteiger partial charge on any atom is 0.255 e. The summed E-state index contributed by atoms with van der Waals surface area (Å²) in [6.45, 7) is 29.6. The number of anilines is 1. The Hall–Kier alpha value is -9.02. The van der Waals surface area contributed by atoms with E-state index in [2.05, 4.69) is 88.8 Å². The van der Waals surface area contributed by atoms with Crippen LogP contribution in [0.25, 0.3) is 55.0 Å². The van der Waals surface area contributed by atoms with Crippen LogP contribution in [0.3, 0.4) is 0 Å². The molecule has 6 heterocycles. The average molecular weight is 1150 g/mol. The second-order valence-corrected chi connectivity index (χ2v) is 21.2. The van der Waals surface area contributed by atoms with Gasteiger partial charge in [0.1, 0.15) is 0 Å². The van der Waals surface area contributed by atoms with Gasteiger partial charge in [0.15, 0.2) is 0 Å². The van der Waals surface area contributed by atoms with E-state index >= 15 is 0 Å². The van der Waals surface area contributed by atoms with E-state index in [0.717, 1.165) is 132 Å². The van der Waals surface area contributed by atoms with Crippen molar-refractivity contribution in [3.8, 4) is 11.4 Å². The molecule has 0 atom stereocenters. The summed E-state index contributed by atoms with van der Waals surface area (Å²) in [4.78, 5) is 66.5. The fourth-order valence-electron chi connectivity index (χ4n) is 10.9. The summed E-state index contributed by atoms with van der Waals surface area (Å²) in [6.07, 6.45) is 7.90. The number of fused-ring (bicyclic) bond motifs is 8. The highest BCUT2D eigenvalue weighted by Crippen LogP contribution is 2.34. The van der Waals surface area contributed by atoms with Gasteiger partial charge in [-0.1, -0.05) is 151 Å². The van der Waals surface area contributed by atoms with E-state index in [1.54, 1.807) is 21.3 Å². The molecule has 0 saturated heterocycles. The molecule has 0 radical (unpaired) electrons. The van der Waals surface area contributed by atoms with Crippen molar-refractivity contribution in [2.45, 2.75) is 136 Å². The Kier molecular flexibility index (Phi) is 22.6. The fraction of sp³-hybridized carbons (Fsp3) is 0.289. The second-order valence-electron chi connectivity index (χ2n) is 21.2. The molecule has 4 aromatic heterocycles. The molecular formula is C76H86N6O4. The fourth-order valence-corrected chi connectivity index (χ4v) is 10.9. The zero-order chi connectivity index (χ0) is 62.2. The number of aromatic nitrogens is 4. The van der Waals surface area contributed by atoms with Gasteiger partial charge < -0.3 is 9.80 Å². The third-order valence-corrected chi connectivity index (χ3v) is 15.6.